The van der Waals surface area contributed by atoms with E-state index in [1.807, 2.05) is 30.3 Å². The summed E-state index contributed by atoms with van der Waals surface area (Å²) in [5.41, 5.74) is 0.266. The Morgan fingerprint density at radius 3 is 2.41 bits per heavy atom. The van der Waals surface area contributed by atoms with Gasteiger partial charge in [-0.1, -0.05) is 30.3 Å². The van der Waals surface area contributed by atoms with Gasteiger partial charge < -0.3 is 14.9 Å². The molecule has 1 aromatic heterocycles. The van der Waals surface area contributed by atoms with Crippen molar-refractivity contribution in [1.82, 2.24) is 19.7 Å². The van der Waals surface area contributed by atoms with E-state index in [-0.39, 0.29) is 29.3 Å². The number of likely N-dealkylation sites (tertiary alicyclic amines) is 1. The van der Waals surface area contributed by atoms with Crippen molar-refractivity contribution in [3.8, 4) is 5.75 Å². The molecule has 8 nitrogen and oxygen atoms in total. The first kappa shape index (κ1) is 18.9. The Labute approximate surface area is 168 Å². The van der Waals surface area contributed by atoms with E-state index in [0.717, 1.165) is 5.56 Å². The molecule has 150 valence electrons. The van der Waals surface area contributed by atoms with Gasteiger partial charge in [0, 0.05) is 26.7 Å². The second-order valence-electron chi connectivity index (χ2n) is 7.44. The third kappa shape index (κ3) is 3.20. The highest BCUT2D eigenvalue weighted by Gasteiger charge is 2.57. The number of aromatic hydroxyl groups is 1. The van der Waals surface area contributed by atoms with E-state index in [1.165, 1.54) is 30.3 Å². The molecule has 3 heterocycles. The Morgan fingerprint density at radius 1 is 1.10 bits per heavy atom. The minimum atomic E-state index is -0.930. The van der Waals surface area contributed by atoms with Gasteiger partial charge in [0.2, 0.25) is 0 Å². The largest absolute Gasteiger partial charge is 0.506 e. The van der Waals surface area contributed by atoms with Crippen LogP contribution in [0.1, 0.15) is 28.9 Å². The van der Waals surface area contributed by atoms with Crippen molar-refractivity contribution in [1.29, 1.82) is 0 Å². The zero-order valence-electron chi connectivity index (χ0n) is 16.1. The number of pyridine rings is 1. The topological polar surface area (TPSA) is 94.1 Å². The summed E-state index contributed by atoms with van der Waals surface area (Å²) in [6.45, 7) is 1.04. The van der Waals surface area contributed by atoms with Crippen molar-refractivity contribution in [3.63, 3.8) is 0 Å². The highest BCUT2D eigenvalue weighted by Crippen LogP contribution is 2.38. The Balaban J connectivity index is 1.54. The molecular formula is C21H22N4O4. The van der Waals surface area contributed by atoms with Crippen LogP contribution < -0.4 is 0 Å². The van der Waals surface area contributed by atoms with Crippen LogP contribution in [0.2, 0.25) is 0 Å². The van der Waals surface area contributed by atoms with Gasteiger partial charge in [0.1, 0.15) is 17.0 Å². The maximum atomic E-state index is 13.0. The molecule has 2 aromatic rings. The van der Waals surface area contributed by atoms with Crippen molar-refractivity contribution in [2.45, 2.75) is 24.9 Å². The number of piperidine rings is 1. The van der Waals surface area contributed by atoms with Crippen LogP contribution in [0, 0.1) is 0 Å². The van der Waals surface area contributed by atoms with Gasteiger partial charge in [-0.3, -0.25) is 14.5 Å². The van der Waals surface area contributed by atoms with Crippen LogP contribution in [0.25, 0.3) is 0 Å². The molecular weight excluding hydrogens is 372 g/mol. The molecule has 2 fully saturated rings. The van der Waals surface area contributed by atoms with Crippen molar-refractivity contribution in [3.05, 3.63) is 59.9 Å². The first-order valence-corrected chi connectivity index (χ1v) is 9.50. The molecule has 4 rings (SSSR count). The molecule has 8 heteroatoms. The number of hydrogen-bond donors (Lipinski definition) is 1. The van der Waals surface area contributed by atoms with Gasteiger partial charge in [0.25, 0.3) is 11.8 Å². The fraction of sp³-hybridized carbons (Fsp3) is 0.333. The lowest BCUT2D eigenvalue weighted by atomic mass is 9.85. The van der Waals surface area contributed by atoms with Crippen LogP contribution in [0.5, 0.6) is 5.75 Å². The molecule has 1 spiro atoms. The number of amides is 4. The molecule has 1 N–H and O–H groups in total. The number of carbonyl (C=O) groups excluding carboxylic acids is 3. The normalized spacial score (nSPS) is 18.6. The fourth-order valence-corrected chi connectivity index (χ4v) is 4.10. The van der Waals surface area contributed by atoms with Crippen molar-refractivity contribution >= 4 is 17.8 Å². The van der Waals surface area contributed by atoms with E-state index in [1.54, 1.807) is 9.80 Å². The smallest absolute Gasteiger partial charge is 0.327 e. The molecule has 0 aliphatic carbocycles. The molecule has 0 atom stereocenters. The summed E-state index contributed by atoms with van der Waals surface area (Å²) in [6, 6.07) is 12.2. The number of imide groups is 1. The predicted molar refractivity (Wildman–Crippen MR) is 104 cm³/mol. The average molecular weight is 394 g/mol. The standard InChI is InChI=1S/C21H22N4O4/c1-23-19(28)21(25(20(23)29)14-15-5-3-2-4-6-15)9-11-24(12-10-21)18(27)17-8-7-16(26)13-22-17/h2-8,13,26H,9-12,14H2,1H3. The Kier molecular flexibility index (Phi) is 4.70. The van der Waals surface area contributed by atoms with E-state index in [4.69, 9.17) is 0 Å². The van der Waals surface area contributed by atoms with E-state index >= 15 is 0 Å². The van der Waals surface area contributed by atoms with Crippen LogP contribution in [-0.4, -0.2) is 68.3 Å². The van der Waals surface area contributed by atoms with Crippen molar-refractivity contribution in [2.24, 2.45) is 0 Å². The second kappa shape index (κ2) is 7.20. The summed E-state index contributed by atoms with van der Waals surface area (Å²) in [6.07, 6.45) is 1.98. The first-order valence-electron chi connectivity index (χ1n) is 9.50. The van der Waals surface area contributed by atoms with Crippen molar-refractivity contribution in [2.75, 3.05) is 20.1 Å². The number of nitrogens with zero attached hydrogens (tertiary/aromatic N) is 4. The summed E-state index contributed by atoms with van der Waals surface area (Å²) in [5, 5.41) is 9.35. The van der Waals surface area contributed by atoms with E-state index in [0.29, 0.717) is 32.5 Å². The SMILES string of the molecule is CN1C(=O)N(Cc2ccccc2)C2(CCN(C(=O)c3ccc(O)cn3)CC2)C1=O. The summed E-state index contributed by atoms with van der Waals surface area (Å²) < 4.78 is 0. The van der Waals surface area contributed by atoms with Gasteiger partial charge in [-0.05, 0) is 30.5 Å². The maximum Gasteiger partial charge on any atom is 0.327 e. The molecule has 4 amide bonds. The number of likely N-dealkylation sites (N-methyl/N-ethyl adjacent to an activating group) is 1. The number of aromatic nitrogens is 1. The Hall–Kier alpha value is -3.42. The molecule has 0 radical (unpaired) electrons. The summed E-state index contributed by atoms with van der Waals surface area (Å²) >= 11 is 0. The highest BCUT2D eigenvalue weighted by molar-refractivity contribution is 6.07. The fourth-order valence-electron chi connectivity index (χ4n) is 4.10. The van der Waals surface area contributed by atoms with Crippen LogP contribution in [0.15, 0.2) is 48.7 Å². The lowest BCUT2D eigenvalue weighted by Crippen LogP contribution is -2.57. The number of hydrogen-bond acceptors (Lipinski definition) is 5. The highest BCUT2D eigenvalue weighted by atomic mass is 16.3. The minimum Gasteiger partial charge on any atom is -0.506 e. The predicted octanol–water partition coefficient (Wildman–Crippen LogP) is 1.86. The molecule has 0 saturated carbocycles. The van der Waals surface area contributed by atoms with Crippen LogP contribution >= 0.6 is 0 Å². The van der Waals surface area contributed by atoms with Gasteiger partial charge >= 0.3 is 6.03 Å². The molecule has 29 heavy (non-hydrogen) atoms. The van der Waals surface area contributed by atoms with E-state index < -0.39 is 5.54 Å². The van der Waals surface area contributed by atoms with Gasteiger partial charge in [-0.15, -0.1) is 0 Å². The molecule has 1 aromatic carbocycles. The van der Waals surface area contributed by atoms with Gasteiger partial charge in [-0.25, -0.2) is 9.78 Å². The monoisotopic (exact) mass is 394 g/mol. The lowest BCUT2D eigenvalue weighted by molar-refractivity contribution is -0.134. The third-order valence-corrected chi connectivity index (χ3v) is 5.77. The van der Waals surface area contributed by atoms with Gasteiger partial charge in [0.15, 0.2) is 0 Å². The molecule has 0 bridgehead atoms. The maximum absolute atomic E-state index is 13.0. The second-order valence-corrected chi connectivity index (χ2v) is 7.44. The third-order valence-electron chi connectivity index (χ3n) is 5.77. The van der Waals surface area contributed by atoms with Crippen LogP contribution in [-0.2, 0) is 11.3 Å². The number of urea groups is 1. The zero-order chi connectivity index (χ0) is 20.6. The molecule has 2 aliphatic heterocycles. The first-order chi connectivity index (χ1) is 13.9. The molecule has 2 aliphatic rings. The summed E-state index contributed by atoms with van der Waals surface area (Å²) in [7, 11) is 1.51. The van der Waals surface area contributed by atoms with Crippen LogP contribution in [0.3, 0.4) is 0 Å². The number of carbonyl (C=O) groups is 3. The Bertz CT molecular complexity index is 937. The van der Waals surface area contributed by atoms with Gasteiger partial charge in [0.05, 0.1) is 6.20 Å². The Morgan fingerprint density at radius 2 is 1.79 bits per heavy atom. The zero-order valence-corrected chi connectivity index (χ0v) is 16.1. The average Bonchev–Trinajstić information content (AvgIpc) is 2.91. The van der Waals surface area contributed by atoms with Crippen molar-refractivity contribution < 1.29 is 19.5 Å². The van der Waals surface area contributed by atoms with E-state index in [9.17, 15) is 19.5 Å². The molecule has 2 saturated heterocycles. The van der Waals surface area contributed by atoms with E-state index in [2.05, 4.69) is 4.98 Å². The number of benzene rings is 1. The number of rotatable bonds is 3. The van der Waals surface area contributed by atoms with Gasteiger partial charge in [-0.2, -0.15) is 0 Å². The minimum absolute atomic E-state index is 0.00574. The quantitative estimate of drug-likeness (QED) is 0.802. The lowest BCUT2D eigenvalue weighted by Gasteiger charge is -2.42. The summed E-state index contributed by atoms with van der Waals surface area (Å²) in [5.74, 6) is -0.471. The summed E-state index contributed by atoms with van der Waals surface area (Å²) in [4.78, 5) is 46.9. The molecule has 0 unspecified atom stereocenters. The van der Waals surface area contributed by atoms with Crippen LogP contribution in [0.4, 0.5) is 4.79 Å².